The summed E-state index contributed by atoms with van der Waals surface area (Å²) in [4.78, 5) is 20.8. The number of piperazine rings is 1. The third-order valence-corrected chi connectivity index (χ3v) is 5.32. The quantitative estimate of drug-likeness (QED) is 0.926. The zero-order valence-electron chi connectivity index (χ0n) is 13.3. The van der Waals surface area contributed by atoms with Crippen LogP contribution in [0.2, 0.25) is 0 Å². The smallest absolute Gasteiger partial charge is 0.317 e. The van der Waals surface area contributed by atoms with E-state index >= 15 is 0 Å². The molecule has 1 aliphatic rings. The third kappa shape index (κ3) is 2.75. The molecule has 0 spiro atoms. The minimum atomic E-state index is 0.0397. The van der Waals surface area contributed by atoms with E-state index in [1.807, 2.05) is 11.8 Å². The molecular formula is C16H22N4OS. The zero-order valence-corrected chi connectivity index (χ0v) is 14.2. The van der Waals surface area contributed by atoms with E-state index in [0.29, 0.717) is 6.54 Å². The highest BCUT2D eigenvalue weighted by Gasteiger charge is 2.23. The molecule has 0 bridgehead atoms. The van der Waals surface area contributed by atoms with Crippen molar-refractivity contribution < 1.29 is 4.79 Å². The second kappa shape index (κ2) is 6.12. The van der Waals surface area contributed by atoms with Crippen LogP contribution in [0.4, 0.5) is 9.93 Å². The molecule has 2 amide bonds. The van der Waals surface area contributed by atoms with Crippen molar-refractivity contribution in [2.45, 2.75) is 20.8 Å². The number of hydrogen-bond acceptors (Lipinski definition) is 4. The van der Waals surface area contributed by atoms with Crippen molar-refractivity contribution in [1.29, 1.82) is 0 Å². The first-order chi connectivity index (χ1) is 10.6. The summed E-state index contributed by atoms with van der Waals surface area (Å²) in [6.45, 7) is 10.1. The number of anilines is 1. The maximum atomic E-state index is 11.8. The van der Waals surface area contributed by atoms with Gasteiger partial charge in [-0.05, 0) is 38.0 Å². The topological polar surface area (TPSA) is 48.5 Å². The van der Waals surface area contributed by atoms with Gasteiger partial charge in [0, 0.05) is 32.7 Å². The Morgan fingerprint density at radius 3 is 2.68 bits per heavy atom. The Morgan fingerprint density at radius 2 is 2.00 bits per heavy atom. The highest BCUT2D eigenvalue weighted by molar-refractivity contribution is 7.22. The summed E-state index contributed by atoms with van der Waals surface area (Å²) in [6.07, 6.45) is 0. The van der Waals surface area contributed by atoms with Crippen molar-refractivity contribution in [3.63, 3.8) is 0 Å². The van der Waals surface area contributed by atoms with Gasteiger partial charge in [-0.2, -0.15) is 0 Å². The molecule has 5 nitrogen and oxygen atoms in total. The maximum absolute atomic E-state index is 11.8. The Morgan fingerprint density at radius 1 is 1.27 bits per heavy atom. The number of nitrogens with one attached hydrogen (secondary N) is 1. The van der Waals surface area contributed by atoms with Crippen LogP contribution in [-0.2, 0) is 0 Å². The summed E-state index contributed by atoms with van der Waals surface area (Å²) in [5.41, 5.74) is 3.66. The molecule has 1 N–H and O–H groups in total. The number of carbonyl (C=O) groups is 1. The largest absolute Gasteiger partial charge is 0.345 e. The highest BCUT2D eigenvalue weighted by Crippen LogP contribution is 2.32. The van der Waals surface area contributed by atoms with Crippen molar-refractivity contribution in [3.8, 4) is 0 Å². The predicted octanol–water partition coefficient (Wildman–Crippen LogP) is 2.76. The van der Waals surface area contributed by atoms with Crippen LogP contribution >= 0.6 is 11.3 Å². The van der Waals surface area contributed by atoms with E-state index in [1.165, 1.54) is 15.8 Å². The Balaban J connectivity index is 1.74. The predicted molar refractivity (Wildman–Crippen MR) is 92.0 cm³/mol. The minimum Gasteiger partial charge on any atom is -0.345 e. The average molecular weight is 318 g/mol. The van der Waals surface area contributed by atoms with E-state index in [0.717, 1.165) is 36.8 Å². The van der Waals surface area contributed by atoms with Crippen LogP contribution in [0.5, 0.6) is 0 Å². The molecule has 0 unspecified atom stereocenters. The molecule has 0 aliphatic carbocycles. The Hall–Kier alpha value is -1.82. The first-order valence-electron chi connectivity index (χ1n) is 7.74. The normalized spacial score (nSPS) is 15.4. The Kier molecular flexibility index (Phi) is 4.20. The molecule has 0 atom stereocenters. The van der Waals surface area contributed by atoms with Gasteiger partial charge in [0.05, 0.1) is 10.2 Å². The van der Waals surface area contributed by atoms with Gasteiger partial charge in [0.2, 0.25) is 0 Å². The molecule has 1 aromatic heterocycles. The van der Waals surface area contributed by atoms with Gasteiger partial charge >= 0.3 is 6.03 Å². The minimum absolute atomic E-state index is 0.0397. The molecule has 6 heteroatoms. The van der Waals surface area contributed by atoms with Gasteiger partial charge < -0.3 is 15.1 Å². The van der Waals surface area contributed by atoms with Gasteiger partial charge in [-0.25, -0.2) is 9.78 Å². The fraction of sp³-hybridized carbons (Fsp3) is 0.500. The summed E-state index contributed by atoms with van der Waals surface area (Å²) in [7, 11) is 0. The standard InChI is InChI=1S/C16H22N4OS/c1-4-17-15(21)19-7-9-20(10-8-19)16-18-14-12(3)11(2)5-6-13(14)22-16/h5-6H,4,7-10H2,1-3H3,(H,17,21). The number of aromatic nitrogens is 1. The molecule has 1 saturated heterocycles. The summed E-state index contributed by atoms with van der Waals surface area (Å²) >= 11 is 1.74. The van der Waals surface area contributed by atoms with E-state index in [2.05, 4.69) is 36.2 Å². The lowest BCUT2D eigenvalue weighted by Gasteiger charge is -2.34. The number of carbonyl (C=O) groups excluding carboxylic acids is 1. The van der Waals surface area contributed by atoms with Crippen molar-refractivity contribution >= 4 is 32.7 Å². The first kappa shape index (κ1) is 15.1. The van der Waals surface area contributed by atoms with Crippen LogP contribution < -0.4 is 10.2 Å². The average Bonchev–Trinajstić information content (AvgIpc) is 2.96. The molecule has 1 aliphatic heterocycles. The number of benzene rings is 1. The lowest BCUT2D eigenvalue weighted by molar-refractivity contribution is 0.195. The summed E-state index contributed by atoms with van der Waals surface area (Å²) in [5.74, 6) is 0. The van der Waals surface area contributed by atoms with Crippen LogP contribution in [0.15, 0.2) is 12.1 Å². The fourth-order valence-electron chi connectivity index (χ4n) is 2.71. The molecule has 2 aromatic rings. The lowest BCUT2D eigenvalue weighted by atomic mass is 10.1. The van der Waals surface area contributed by atoms with E-state index in [4.69, 9.17) is 4.98 Å². The van der Waals surface area contributed by atoms with Crippen LogP contribution in [-0.4, -0.2) is 48.6 Å². The van der Waals surface area contributed by atoms with Gasteiger partial charge in [0.1, 0.15) is 0 Å². The van der Waals surface area contributed by atoms with Crippen LogP contribution in [0.1, 0.15) is 18.1 Å². The van der Waals surface area contributed by atoms with Crippen molar-refractivity contribution in [2.24, 2.45) is 0 Å². The van der Waals surface area contributed by atoms with Crippen molar-refractivity contribution in [1.82, 2.24) is 15.2 Å². The second-order valence-electron chi connectivity index (χ2n) is 5.66. The number of amides is 2. The van der Waals surface area contributed by atoms with Gasteiger partial charge in [-0.15, -0.1) is 0 Å². The molecule has 118 valence electrons. The highest BCUT2D eigenvalue weighted by atomic mass is 32.1. The number of fused-ring (bicyclic) bond motifs is 1. The first-order valence-corrected chi connectivity index (χ1v) is 8.56. The molecule has 3 rings (SSSR count). The van der Waals surface area contributed by atoms with Gasteiger partial charge in [-0.3, -0.25) is 0 Å². The maximum Gasteiger partial charge on any atom is 0.317 e. The van der Waals surface area contributed by atoms with Crippen LogP contribution in [0.25, 0.3) is 10.2 Å². The van der Waals surface area contributed by atoms with Gasteiger partial charge in [0.15, 0.2) is 5.13 Å². The van der Waals surface area contributed by atoms with E-state index < -0.39 is 0 Å². The zero-order chi connectivity index (χ0) is 15.7. The molecule has 0 saturated carbocycles. The monoisotopic (exact) mass is 318 g/mol. The number of aryl methyl sites for hydroxylation is 2. The molecule has 0 radical (unpaired) electrons. The van der Waals surface area contributed by atoms with Crippen molar-refractivity contribution in [2.75, 3.05) is 37.6 Å². The van der Waals surface area contributed by atoms with Crippen molar-refractivity contribution in [3.05, 3.63) is 23.3 Å². The number of thiazole rings is 1. The van der Waals surface area contributed by atoms with E-state index in [-0.39, 0.29) is 6.03 Å². The number of nitrogens with zero attached hydrogens (tertiary/aromatic N) is 3. The SMILES string of the molecule is CCNC(=O)N1CCN(c2nc3c(C)c(C)ccc3s2)CC1. The molecule has 1 fully saturated rings. The van der Waals surface area contributed by atoms with Gasteiger partial charge in [0.25, 0.3) is 0 Å². The fourth-order valence-corrected chi connectivity index (χ4v) is 3.79. The second-order valence-corrected chi connectivity index (χ2v) is 6.67. The molecule has 1 aromatic carbocycles. The number of urea groups is 1. The number of rotatable bonds is 2. The molecular weight excluding hydrogens is 296 g/mol. The van der Waals surface area contributed by atoms with E-state index in [9.17, 15) is 4.79 Å². The summed E-state index contributed by atoms with van der Waals surface area (Å²) < 4.78 is 1.24. The molecule has 22 heavy (non-hydrogen) atoms. The Bertz CT molecular complexity index is 689. The lowest BCUT2D eigenvalue weighted by Crippen LogP contribution is -2.51. The molecule has 2 heterocycles. The Labute approximate surface area is 134 Å². The van der Waals surface area contributed by atoms with Crippen LogP contribution in [0, 0.1) is 13.8 Å². The third-order valence-electron chi connectivity index (χ3n) is 4.24. The summed E-state index contributed by atoms with van der Waals surface area (Å²) in [6, 6.07) is 4.36. The summed E-state index contributed by atoms with van der Waals surface area (Å²) in [5, 5.41) is 3.93. The van der Waals surface area contributed by atoms with Gasteiger partial charge in [-0.1, -0.05) is 17.4 Å². The number of hydrogen-bond donors (Lipinski definition) is 1. The van der Waals surface area contributed by atoms with Crippen LogP contribution in [0.3, 0.4) is 0 Å². The van der Waals surface area contributed by atoms with E-state index in [1.54, 1.807) is 11.3 Å².